The molecule has 1 atom stereocenters. The van der Waals surface area contributed by atoms with Crippen LogP contribution in [0.25, 0.3) is 0 Å². The van der Waals surface area contributed by atoms with Crippen molar-refractivity contribution in [3.8, 4) is 0 Å². The number of ketones is 1. The Labute approximate surface area is 122 Å². The number of carbonyl (C=O) groups excluding carboxylic acids is 2. The van der Waals surface area contributed by atoms with Crippen LogP contribution in [0.3, 0.4) is 0 Å². The van der Waals surface area contributed by atoms with E-state index in [0.29, 0.717) is 5.56 Å². The maximum absolute atomic E-state index is 12.5. The largest absolute Gasteiger partial charge is 0.468 e. The first kappa shape index (κ1) is 15.9. The summed E-state index contributed by atoms with van der Waals surface area (Å²) in [5.41, 5.74) is 2.52. The molecule has 104 valence electrons. The molecule has 0 aliphatic rings. The standard InChI is InChI=1S/C15H19BrO3/c1-8(2)12(15(18)19-5)14(17)11-6-9(3)13(16)10(4)7-11/h6-8,12H,1-5H3. The highest BCUT2D eigenvalue weighted by Gasteiger charge is 2.31. The summed E-state index contributed by atoms with van der Waals surface area (Å²) < 4.78 is 5.72. The number of aryl methyl sites for hydroxylation is 2. The molecule has 0 bridgehead atoms. The second-order valence-corrected chi connectivity index (χ2v) is 5.83. The first-order valence-corrected chi connectivity index (χ1v) is 6.97. The first-order chi connectivity index (χ1) is 8.79. The lowest BCUT2D eigenvalue weighted by Gasteiger charge is -2.18. The third kappa shape index (κ3) is 3.44. The fourth-order valence-corrected chi connectivity index (χ4v) is 2.31. The van der Waals surface area contributed by atoms with Gasteiger partial charge in [-0.1, -0.05) is 29.8 Å². The van der Waals surface area contributed by atoms with E-state index < -0.39 is 11.9 Å². The van der Waals surface area contributed by atoms with E-state index in [4.69, 9.17) is 4.74 Å². The maximum atomic E-state index is 12.5. The Kier molecular flexibility index (Phi) is 5.29. The third-order valence-corrected chi connectivity index (χ3v) is 4.38. The monoisotopic (exact) mass is 326 g/mol. The molecule has 0 spiro atoms. The minimum Gasteiger partial charge on any atom is -0.468 e. The number of methoxy groups -OCH3 is 1. The van der Waals surface area contributed by atoms with Crippen molar-refractivity contribution in [1.82, 2.24) is 0 Å². The highest BCUT2D eigenvalue weighted by atomic mass is 79.9. The fourth-order valence-electron chi connectivity index (χ4n) is 2.08. The second kappa shape index (κ2) is 6.33. The van der Waals surface area contributed by atoms with E-state index in [-0.39, 0.29) is 11.7 Å². The number of halogens is 1. The number of Topliss-reactive ketones (excluding diaryl/α,β-unsaturated/α-hetero) is 1. The molecule has 0 radical (unpaired) electrons. The normalized spacial score (nSPS) is 12.4. The Hall–Kier alpha value is -1.16. The van der Waals surface area contributed by atoms with E-state index in [2.05, 4.69) is 15.9 Å². The van der Waals surface area contributed by atoms with Gasteiger partial charge in [0, 0.05) is 10.0 Å². The van der Waals surface area contributed by atoms with Crippen LogP contribution in [0.2, 0.25) is 0 Å². The van der Waals surface area contributed by atoms with Gasteiger partial charge >= 0.3 is 5.97 Å². The van der Waals surface area contributed by atoms with E-state index in [0.717, 1.165) is 15.6 Å². The Morgan fingerprint density at radius 1 is 1.16 bits per heavy atom. The lowest BCUT2D eigenvalue weighted by molar-refractivity contribution is -0.144. The van der Waals surface area contributed by atoms with Gasteiger partial charge in [-0.25, -0.2) is 0 Å². The van der Waals surface area contributed by atoms with Crippen molar-refractivity contribution in [1.29, 1.82) is 0 Å². The van der Waals surface area contributed by atoms with Crippen molar-refractivity contribution < 1.29 is 14.3 Å². The van der Waals surface area contributed by atoms with Crippen molar-refractivity contribution in [3.05, 3.63) is 33.3 Å². The minimum absolute atomic E-state index is 0.0933. The van der Waals surface area contributed by atoms with Crippen LogP contribution in [0.5, 0.6) is 0 Å². The quantitative estimate of drug-likeness (QED) is 0.481. The van der Waals surface area contributed by atoms with Crippen LogP contribution in [-0.2, 0) is 9.53 Å². The summed E-state index contributed by atoms with van der Waals surface area (Å²) in [6, 6.07) is 3.61. The Bertz CT molecular complexity index is 483. The minimum atomic E-state index is -0.745. The van der Waals surface area contributed by atoms with Crippen LogP contribution in [0, 0.1) is 25.7 Å². The molecule has 1 unspecified atom stereocenters. The zero-order chi connectivity index (χ0) is 14.7. The Balaban J connectivity index is 3.21. The van der Waals surface area contributed by atoms with Crippen LogP contribution < -0.4 is 0 Å². The van der Waals surface area contributed by atoms with E-state index in [1.165, 1.54) is 7.11 Å². The molecule has 0 saturated heterocycles. The molecule has 0 saturated carbocycles. The van der Waals surface area contributed by atoms with E-state index in [1.807, 2.05) is 27.7 Å². The predicted molar refractivity (Wildman–Crippen MR) is 78.3 cm³/mol. The SMILES string of the molecule is COC(=O)C(C(=O)c1cc(C)c(Br)c(C)c1)C(C)C. The molecule has 0 aliphatic carbocycles. The summed E-state index contributed by atoms with van der Waals surface area (Å²) in [6.07, 6.45) is 0. The summed E-state index contributed by atoms with van der Waals surface area (Å²) in [7, 11) is 1.31. The molecule has 1 aromatic carbocycles. The molecule has 19 heavy (non-hydrogen) atoms. The summed E-state index contributed by atoms with van der Waals surface area (Å²) in [5, 5.41) is 0. The highest BCUT2D eigenvalue weighted by Crippen LogP contribution is 2.26. The van der Waals surface area contributed by atoms with E-state index in [9.17, 15) is 9.59 Å². The molecule has 0 heterocycles. The van der Waals surface area contributed by atoms with Gasteiger partial charge in [0.15, 0.2) is 5.78 Å². The first-order valence-electron chi connectivity index (χ1n) is 6.18. The van der Waals surface area contributed by atoms with Gasteiger partial charge in [0.05, 0.1) is 7.11 Å². The van der Waals surface area contributed by atoms with Crippen molar-refractivity contribution in [2.45, 2.75) is 27.7 Å². The molecular formula is C15H19BrO3. The van der Waals surface area contributed by atoms with Crippen LogP contribution >= 0.6 is 15.9 Å². The lowest BCUT2D eigenvalue weighted by Crippen LogP contribution is -2.30. The summed E-state index contributed by atoms with van der Waals surface area (Å²) in [5.74, 6) is -1.49. The van der Waals surface area contributed by atoms with E-state index >= 15 is 0 Å². The number of hydrogen-bond acceptors (Lipinski definition) is 3. The zero-order valence-electron chi connectivity index (χ0n) is 11.9. The van der Waals surface area contributed by atoms with Gasteiger partial charge in [0.1, 0.15) is 5.92 Å². The number of rotatable bonds is 4. The van der Waals surface area contributed by atoms with Crippen LogP contribution in [0.4, 0.5) is 0 Å². The summed E-state index contributed by atoms with van der Waals surface area (Å²) in [4.78, 5) is 24.2. The van der Waals surface area contributed by atoms with Crippen LogP contribution in [0.1, 0.15) is 35.3 Å². The topological polar surface area (TPSA) is 43.4 Å². The number of ether oxygens (including phenoxy) is 1. The molecule has 4 heteroatoms. The van der Waals surface area contributed by atoms with Crippen LogP contribution in [0.15, 0.2) is 16.6 Å². The Morgan fingerprint density at radius 2 is 1.63 bits per heavy atom. The van der Waals surface area contributed by atoms with Gasteiger partial charge in [0.2, 0.25) is 0 Å². The average Bonchev–Trinajstić information content (AvgIpc) is 2.34. The number of benzene rings is 1. The molecule has 0 aliphatic heterocycles. The molecule has 0 fully saturated rings. The molecule has 3 nitrogen and oxygen atoms in total. The van der Waals surface area contributed by atoms with Crippen molar-refractivity contribution in [2.75, 3.05) is 7.11 Å². The highest BCUT2D eigenvalue weighted by molar-refractivity contribution is 9.10. The lowest BCUT2D eigenvalue weighted by atomic mass is 9.87. The molecule has 1 rings (SSSR count). The zero-order valence-corrected chi connectivity index (χ0v) is 13.5. The molecule has 1 aromatic rings. The smallest absolute Gasteiger partial charge is 0.316 e. The summed E-state index contributed by atoms with van der Waals surface area (Å²) in [6.45, 7) is 7.54. The fraction of sp³-hybridized carbons (Fsp3) is 0.467. The molecule has 0 amide bonds. The molecule has 0 aromatic heterocycles. The van der Waals surface area contributed by atoms with Crippen molar-refractivity contribution >= 4 is 27.7 Å². The van der Waals surface area contributed by atoms with Gasteiger partial charge in [-0.05, 0) is 43.0 Å². The molecular weight excluding hydrogens is 308 g/mol. The maximum Gasteiger partial charge on any atom is 0.316 e. The number of esters is 1. The second-order valence-electron chi connectivity index (χ2n) is 5.03. The number of carbonyl (C=O) groups is 2. The van der Waals surface area contributed by atoms with Crippen LogP contribution in [-0.4, -0.2) is 18.9 Å². The summed E-state index contributed by atoms with van der Waals surface area (Å²) >= 11 is 3.47. The van der Waals surface area contributed by atoms with Crippen molar-refractivity contribution in [2.24, 2.45) is 11.8 Å². The third-order valence-electron chi connectivity index (χ3n) is 3.13. The van der Waals surface area contributed by atoms with E-state index in [1.54, 1.807) is 12.1 Å². The number of hydrogen-bond donors (Lipinski definition) is 0. The average molecular weight is 327 g/mol. The molecule has 0 N–H and O–H groups in total. The van der Waals surface area contributed by atoms with Gasteiger partial charge in [-0.15, -0.1) is 0 Å². The van der Waals surface area contributed by atoms with Gasteiger partial charge < -0.3 is 4.74 Å². The predicted octanol–water partition coefficient (Wildman–Crippen LogP) is 3.69. The van der Waals surface area contributed by atoms with Gasteiger partial charge in [-0.3, -0.25) is 9.59 Å². The van der Waals surface area contributed by atoms with Gasteiger partial charge in [-0.2, -0.15) is 0 Å². The van der Waals surface area contributed by atoms with Crippen molar-refractivity contribution in [3.63, 3.8) is 0 Å². The van der Waals surface area contributed by atoms with Gasteiger partial charge in [0.25, 0.3) is 0 Å². The Morgan fingerprint density at radius 3 is 2.00 bits per heavy atom.